The summed E-state index contributed by atoms with van der Waals surface area (Å²) in [6.07, 6.45) is 0.913. The highest BCUT2D eigenvalue weighted by molar-refractivity contribution is 5.96. The average molecular weight is 255 g/mol. The van der Waals surface area contributed by atoms with Crippen LogP contribution in [0, 0.1) is 13.8 Å². The Labute approximate surface area is 108 Å². The van der Waals surface area contributed by atoms with Crippen LogP contribution < -0.4 is 5.73 Å². The Morgan fingerprint density at radius 3 is 2.71 bits per heavy atom. The molecule has 94 valence electrons. The molecule has 1 heterocycles. The molecule has 17 heavy (non-hydrogen) atoms. The van der Waals surface area contributed by atoms with Crippen molar-refractivity contribution in [3.8, 4) is 0 Å². The van der Waals surface area contributed by atoms with E-state index in [1.165, 1.54) is 0 Å². The number of nitrogens with two attached hydrogens (primary N) is 1. The zero-order valence-electron chi connectivity index (χ0n) is 10.3. The lowest BCUT2D eigenvalue weighted by molar-refractivity contribution is 0.0790. The number of amides is 1. The normalized spacial score (nSPS) is 19.0. The van der Waals surface area contributed by atoms with Gasteiger partial charge < -0.3 is 10.6 Å². The molecule has 0 saturated carbocycles. The number of rotatable bonds is 1. The molecule has 0 spiro atoms. The van der Waals surface area contributed by atoms with Gasteiger partial charge in [-0.3, -0.25) is 4.79 Å². The molecule has 1 atom stereocenters. The first-order valence-corrected chi connectivity index (χ1v) is 5.70. The van der Waals surface area contributed by atoms with E-state index in [1.54, 1.807) is 0 Å². The number of nitrogens with zero attached hydrogens (tertiary/aromatic N) is 1. The molecule has 0 radical (unpaired) electrons. The van der Waals surface area contributed by atoms with E-state index in [0.29, 0.717) is 6.54 Å². The van der Waals surface area contributed by atoms with E-state index >= 15 is 0 Å². The van der Waals surface area contributed by atoms with Crippen LogP contribution in [0.1, 0.15) is 27.9 Å². The second kappa shape index (κ2) is 5.52. The molecular formula is C13H19ClN2O. The summed E-state index contributed by atoms with van der Waals surface area (Å²) in [7, 11) is 0. The summed E-state index contributed by atoms with van der Waals surface area (Å²) in [4.78, 5) is 14.1. The Morgan fingerprint density at radius 2 is 2.12 bits per heavy atom. The van der Waals surface area contributed by atoms with Crippen LogP contribution in [0.5, 0.6) is 0 Å². The fourth-order valence-electron chi connectivity index (χ4n) is 2.11. The molecule has 0 aromatic heterocycles. The van der Waals surface area contributed by atoms with Gasteiger partial charge in [0.05, 0.1) is 0 Å². The summed E-state index contributed by atoms with van der Waals surface area (Å²) in [5, 5.41) is 0. The Kier molecular flexibility index (Phi) is 4.54. The van der Waals surface area contributed by atoms with Gasteiger partial charge >= 0.3 is 0 Å². The molecule has 2 N–H and O–H groups in total. The van der Waals surface area contributed by atoms with Crippen LogP contribution in [0.3, 0.4) is 0 Å². The molecule has 0 bridgehead atoms. The Morgan fingerprint density at radius 1 is 1.41 bits per heavy atom. The number of hydrogen-bond donors (Lipinski definition) is 1. The van der Waals surface area contributed by atoms with E-state index in [0.717, 1.165) is 29.7 Å². The second-order valence-electron chi connectivity index (χ2n) is 4.62. The van der Waals surface area contributed by atoms with Crippen molar-refractivity contribution in [2.75, 3.05) is 13.1 Å². The summed E-state index contributed by atoms with van der Waals surface area (Å²) in [5.74, 6) is 0.120. The van der Waals surface area contributed by atoms with Crippen LogP contribution in [-0.4, -0.2) is 29.9 Å². The quantitative estimate of drug-likeness (QED) is 0.832. The van der Waals surface area contributed by atoms with Gasteiger partial charge in [-0.05, 0) is 31.9 Å². The Bertz CT molecular complexity index is 420. The van der Waals surface area contributed by atoms with Crippen molar-refractivity contribution >= 4 is 18.3 Å². The van der Waals surface area contributed by atoms with Gasteiger partial charge in [0.2, 0.25) is 0 Å². The minimum Gasteiger partial charge on any atom is -0.337 e. The summed E-state index contributed by atoms with van der Waals surface area (Å²) >= 11 is 0. The van der Waals surface area contributed by atoms with Gasteiger partial charge in [0.15, 0.2) is 0 Å². The van der Waals surface area contributed by atoms with Crippen LogP contribution in [0.25, 0.3) is 0 Å². The highest BCUT2D eigenvalue weighted by Gasteiger charge is 2.25. The summed E-state index contributed by atoms with van der Waals surface area (Å²) in [6, 6.07) is 6.14. The maximum absolute atomic E-state index is 12.2. The van der Waals surface area contributed by atoms with Crippen molar-refractivity contribution in [1.82, 2.24) is 4.90 Å². The molecule has 1 saturated heterocycles. The third-order valence-corrected chi connectivity index (χ3v) is 3.14. The molecule has 1 aromatic carbocycles. The van der Waals surface area contributed by atoms with Gasteiger partial charge in [-0.25, -0.2) is 0 Å². The molecule has 0 aliphatic carbocycles. The van der Waals surface area contributed by atoms with Gasteiger partial charge in [0.1, 0.15) is 0 Å². The number of carbonyl (C=O) groups is 1. The van der Waals surface area contributed by atoms with Crippen molar-refractivity contribution in [2.24, 2.45) is 5.73 Å². The summed E-state index contributed by atoms with van der Waals surface area (Å²) < 4.78 is 0. The van der Waals surface area contributed by atoms with Crippen LogP contribution in [0.2, 0.25) is 0 Å². The lowest BCUT2D eigenvalue weighted by Crippen LogP contribution is -2.32. The molecule has 1 aliphatic rings. The molecule has 4 heteroatoms. The minimum absolute atomic E-state index is 0. The van der Waals surface area contributed by atoms with E-state index in [9.17, 15) is 4.79 Å². The SMILES string of the molecule is Cc1ccc(C)c(C(=O)N2CCC(N)C2)c1.Cl. The molecular weight excluding hydrogens is 236 g/mol. The van der Waals surface area contributed by atoms with Gasteiger partial charge in [-0.15, -0.1) is 12.4 Å². The molecule has 2 rings (SSSR count). The number of halogens is 1. The fraction of sp³-hybridized carbons (Fsp3) is 0.462. The lowest BCUT2D eigenvalue weighted by atomic mass is 10.0. The van der Waals surface area contributed by atoms with Crippen molar-refractivity contribution in [3.05, 3.63) is 34.9 Å². The number of likely N-dealkylation sites (tertiary alicyclic amines) is 1. The van der Waals surface area contributed by atoms with Crippen molar-refractivity contribution in [1.29, 1.82) is 0 Å². The lowest BCUT2D eigenvalue weighted by Gasteiger charge is -2.17. The van der Waals surface area contributed by atoms with Crippen LogP contribution in [-0.2, 0) is 0 Å². The predicted octanol–water partition coefficient (Wildman–Crippen LogP) is 1.90. The van der Waals surface area contributed by atoms with E-state index < -0.39 is 0 Å². The van der Waals surface area contributed by atoms with Crippen LogP contribution >= 0.6 is 12.4 Å². The number of aryl methyl sites for hydroxylation is 2. The molecule has 1 unspecified atom stereocenters. The Balaban J connectivity index is 0.00000144. The van der Waals surface area contributed by atoms with E-state index in [4.69, 9.17) is 5.73 Å². The fourth-order valence-corrected chi connectivity index (χ4v) is 2.11. The van der Waals surface area contributed by atoms with Gasteiger partial charge in [-0.2, -0.15) is 0 Å². The zero-order chi connectivity index (χ0) is 11.7. The van der Waals surface area contributed by atoms with E-state index in [-0.39, 0.29) is 24.4 Å². The third kappa shape index (κ3) is 2.99. The van der Waals surface area contributed by atoms with Gasteiger partial charge in [0, 0.05) is 24.7 Å². The number of benzene rings is 1. The first kappa shape index (κ1) is 14.0. The van der Waals surface area contributed by atoms with Gasteiger partial charge in [0.25, 0.3) is 5.91 Å². The monoisotopic (exact) mass is 254 g/mol. The largest absolute Gasteiger partial charge is 0.337 e. The summed E-state index contributed by atoms with van der Waals surface area (Å²) in [6.45, 7) is 5.45. The standard InChI is InChI=1S/C13H18N2O.ClH/c1-9-3-4-10(2)12(7-9)13(16)15-6-5-11(14)8-15;/h3-4,7,11H,5-6,8,14H2,1-2H3;1H. The van der Waals surface area contributed by atoms with Crippen LogP contribution in [0.15, 0.2) is 18.2 Å². The number of hydrogen-bond acceptors (Lipinski definition) is 2. The predicted molar refractivity (Wildman–Crippen MR) is 71.7 cm³/mol. The zero-order valence-corrected chi connectivity index (χ0v) is 11.1. The van der Waals surface area contributed by atoms with E-state index in [2.05, 4.69) is 0 Å². The molecule has 1 aromatic rings. The summed E-state index contributed by atoms with van der Waals surface area (Å²) in [5.41, 5.74) is 8.79. The topological polar surface area (TPSA) is 46.3 Å². The first-order chi connectivity index (χ1) is 7.58. The number of carbonyl (C=O) groups excluding carboxylic acids is 1. The van der Waals surface area contributed by atoms with Crippen LogP contribution in [0.4, 0.5) is 0 Å². The first-order valence-electron chi connectivity index (χ1n) is 5.70. The smallest absolute Gasteiger partial charge is 0.254 e. The average Bonchev–Trinajstić information content (AvgIpc) is 2.67. The molecule has 1 fully saturated rings. The second-order valence-corrected chi connectivity index (χ2v) is 4.62. The molecule has 3 nitrogen and oxygen atoms in total. The highest BCUT2D eigenvalue weighted by Crippen LogP contribution is 2.16. The van der Waals surface area contributed by atoms with Crippen molar-refractivity contribution in [3.63, 3.8) is 0 Å². The molecule has 1 amide bonds. The highest BCUT2D eigenvalue weighted by atomic mass is 35.5. The van der Waals surface area contributed by atoms with E-state index in [1.807, 2.05) is 36.9 Å². The minimum atomic E-state index is 0. The third-order valence-electron chi connectivity index (χ3n) is 3.14. The Hall–Kier alpha value is -1.06. The van der Waals surface area contributed by atoms with Crippen molar-refractivity contribution in [2.45, 2.75) is 26.3 Å². The van der Waals surface area contributed by atoms with Gasteiger partial charge in [-0.1, -0.05) is 17.7 Å². The van der Waals surface area contributed by atoms with Crippen molar-refractivity contribution < 1.29 is 4.79 Å². The maximum Gasteiger partial charge on any atom is 0.254 e. The molecule has 1 aliphatic heterocycles. The maximum atomic E-state index is 12.2.